The van der Waals surface area contributed by atoms with E-state index in [2.05, 4.69) is 15.1 Å². The van der Waals surface area contributed by atoms with Gasteiger partial charge in [-0.3, -0.25) is 4.68 Å². The molecule has 0 unspecified atom stereocenters. The Morgan fingerprint density at radius 1 is 1.27 bits per heavy atom. The Morgan fingerprint density at radius 3 is 2.47 bits per heavy atom. The summed E-state index contributed by atoms with van der Waals surface area (Å²) in [5, 5.41) is 3.89. The lowest BCUT2D eigenvalue weighted by Crippen LogP contribution is -2.09. The molecule has 0 atom stereocenters. The van der Waals surface area contributed by atoms with Crippen molar-refractivity contribution in [1.82, 2.24) is 19.7 Å². The molecule has 0 amide bonds. The molecule has 6 heteroatoms. The molecule has 0 fully saturated rings. The van der Waals surface area contributed by atoms with Gasteiger partial charge in [0.25, 0.3) is 0 Å². The van der Waals surface area contributed by atoms with Crippen LogP contribution < -0.4 is 0 Å². The fraction of sp³-hybridized carbons (Fsp3) is 0.222. The summed E-state index contributed by atoms with van der Waals surface area (Å²) in [7, 11) is 0. The van der Waals surface area contributed by atoms with E-state index in [1.54, 1.807) is 18.5 Å². The van der Waals surface area contributed by atoms with Crippen LogP contribution in [0.5, 0.6) is 0 Å². The Balaban J connectivity index is 2.30. The monoisotopic (exact) mass is 210 g/mol. The molecule has 0 bridgehead atoms. The molecule has 2 aromatic heterocycles. The zero-order valence-corrected chi connectivity index (χ0v) is 7.98. The van der Waals surface area contributed by atoms with Gasteiger partial charge in [-0.2, -0.15) is 13.9 Å². The van der Waals surface area contributed by atoms with Crippen LogP contribution in [-0.2, 0) is 6.54 Å². The van der Waals surface area contributed by atoms with Gasteiger partial charge in [-0.25, -0.2) is 9.97 Å². The quantitative estimate of drug-likeness (QED) is 0.702. The van der Waals surface area contributed by atoms with Crippen molar-refractivity contribution in [2.45, 2.75) is 13.5 Å². The van der Waals surface area contributed by atoms with Gasteiger partial charge < -0.3 is 0 Å². The van der Waals surface area contributed by atoms with Crippen LogP contribution in [0.1, 0.15) is 11.4 Å². The van der Waals surface area contributed by atoms with Crippen LogP contribution >= 0.6 is 0 Å². The maximum Gasteiger partial charge on any atom is 0.222 e. The van der Waals surface area contributed by atoms with E-state index in [9.17, 15) is 8.78 Å². The molecule has 0 aromatic carbocycles. The van der Waals surface area contributed by atoms with Gasteiger partial charge >= 0.3 is 0 Å². The number of aromatic nitrogens is 4. The van der Waals surface area contributed by atoms with Crippen molar-refractivity contribution in [3.63, 3.8) is 0 Å². The van der Waals surface area contributed by atoms with Crippen LogP contribution in [0.3, 0.4) is 0 Å². The molecule has 0 N–H and O–H groups in total. The van der Waals surface area contributed by atoms with Crippen molar-refractivity contribution in [2.24, 2.45) is 0 Å². The number of rotatable bonds is 2. The van der Waals surface area contributed by atoms with Crippen molar-refractivity contribution in [3.8, 4) is 0 Å². The fourth-order valence-electron chi connectivity index (χ4n) is 1.11. The molecule has 0 aliphatic carbocycles. The zero-order valence-electron chi connectivity index (χ0n) is 7.98. The third-order valence-corrected chi connectivity index (χ3v) is 1.94. The Labute approximate surface area is 84.6 Å². The molecule has 0 aliphatic rings. The minimum absolute atomic E-state index is 0.0688. The first-order valence-electron chi connectivity index (χ1n) is 4.33. The molecule has 2 rings (SSSR count). The molecule has 2 heterocycles. The van der Waals surface area contributed by atoms with E-state index in [0.29, 0.717) is 0 Å². The molecule has 0 saturated carbocycles. The number of hydrogen-bond donors (Lipinski definition) is 0. The standard InChI is InChI=1S/C9H8F2N4/c1-6-8(10)13-7(14-9(6)11)5-15-4-2-3-12-15/h2-4H,5H2,1H3. The Hall–Kier alpha value is -1.85. The predicted octanol–water partition coefficient (Wildman–Crippen LogP) is 1.31. The minimum Gasteiger partial charge on any atom is -0.265 e. The highest BCUT2D eigenvalue weighted by atomic mass is 19.1. The van der Waals surface area contributed by atoms with E-state index in [1.165, 1.54) is 11.6 Å². The van der Waals surface area contributed by atoms with Crippen LogP contribution in [0.2, 0.25) is 0 Å². The van der Waals surface area contributed by atoms with Gasteiger partial charge in [-0.15, -0.1) is 0 Å². The first kappa shape index (κ1) is 9.70. The summed E-state index contributed by atoms with van der Waals surface area (Å²) in [6, 6.07) is 1.71. The van der Waals surface area contributed by atoms with E-state index in [0.717, 1.165) is 0 Å². The molecule has 78 valence electrons. The molecule has 0 aliphatic heterocycles. The third-order valence-electron chi connectivity index (χ3n) is 1.94. The van der Waals surface area contributed by atoms with E-state index in [4.69, 9.17) is 0 Å². The maximum absolute atomic E-state index is 13.0. The minimum atomic E-state index is -0.829. The summed E-state index contributed by atoms with van der Waals surface area (Å²) >= 11 is 0. The van der Waals surface area contributed by atoms with Crippen molar-refractivity contribution >= 4 is 0 Å². The van der Waals surface area contributed by atoms with Gasteiger partial charge in [0.05, 0.1) is 5.56 Å². The van der Waals surface area contributed by atoms with Crippen LogP contribution in [0, 0.1) is 18.8 Å². The topological polar surface area (TPSA) is 43.6 Å². The SMILES string of the molecule is Cc1c(F)nc(Cn2cccn2)nc1F. The Bertz CT molecular complexity index is 444. The second-order valence-electron chi connectivity index (χ2n) is 3.05. The highest BCUT2D eigenvalue weighted by Gasteiger charge is 2.10. The highest BCUT2D eigenvalue weighted by molar-refractivity contribution is 5.07. The summed E-state index contributed by atoms with van der Waals surface area (Å²) in [4.78, 5) is 7.06. The van der Waals surface area contributed by atoms with E-state index in [1.807, 2.05) is 0 Å². The molecular formula is C9H8F2N4. The highest BCUT2D eigenvalue weighted by Crippen LogP contribution is 2.07. The summed E-state index contributed by atoms with van der Waals surface area (Å²) in [6.07, 6.45) is 3.24. The number of hydrogen-bond acceptors (Lipinski definition) is 3. The molecule has 15 heavy (non-hydrogen) atoms. The van der Waals surface area contributed by atoms with Gasteiger partial charge in [0.15, 0.2) is 5.82 Å². The summed E-state index contributed by atoms with van der Waals surface area (Å²) in [6.45, 7) is 1.45. The smallest absolute Gasteiger partial charge is 0.222 e. The summed E-state index contributed by atoms with van der Waals surface area (Å²) in [5.74, 6) is -1.59. The average molecular weight is 210 g/mol. The van der Waals surface area contributed by atoms with Gasteiger partial charge in [0.2, 0.25) is 11.9 Å². The summed E-state index contributed by atoms with van der Waals surface area (Å²) in [5.41, 5.74) is -0.167. The maximum atomic E-state index is 13.0. The van der Waals surface area contributed by atoms with Crippen LogP contribution in [0.4, 0.5) is 8.78 Å². The van der Waals surface area contributed by atoms with Crippen LogP contribution in [-0.4, -0.2) is 19.7 Å². The third kappa shape index (κ3) is 1.98. The van der Waals surface area contributed by atoms with Crippen molar-refractivity contribution in [1.29, 1.82) is 0 Å². The summed E-state index contributed by atoms with van der Waals surface area (Å²) < 4.78 is 27.6. The zero-order chi connectivity index (χ0) is 10.8. The largest absolute Gasteiger partial charge is 0.265 e. The molecule has 2 aromatic rings. The van der Waals surface area contributed by atoms with Crippen molar-refractivity contribution < 1.29 is 8.78 Å². The number of nitrogens with zero attached hydrogens (tertiary/aromatic N) is 4. The second-order valence-corrected chi connectivity index (χ2v) is 3.05. The molecule has 0 radical (unpaired) electrons. The number of halogens is 2. The average Bonchev–Trinajstić information content (AvgIpc) is 2.66. The van der Waals surface area contributed by atoms with Gasteiger partial charge in [0.1, 0.15) is 6.54 Å². The van der Waals surface area contributed by atoms with Gasteiger partial charge in [0, 0.05) is 12.4 Å². The van der Waals surface area contributed by atoms with Gasteiger partial charge in [-0.05, 0) is 13.0 Å². The normalized spacial score (nSPS) is 10.6. The van der Waals surface area contributed by atoms with Crippen LogP contribution in [0.25, 0.3) is 0 Å². The molecule has 0 spiro atoms. The predicted molar refractivity (Wildman–Crippen MR) is 48.0 cm³/mol. The molecule has 4 nitrogen and oxygen atoms in total. The van der Waals surface area contributed by atoms with E-state index >= 15 is 0 Å². The van der Waals surface area contributed by atoms with Crippen molar-refractivity contribution in [3.05, 3.63) is 41.7 Å². The lowest BCUT2D eigenvalue weighted by atomic mass is 10.3. The molecular weight excluding hydrogens is 202 g/mol. The Kier molecular flexibility index (Phi) is 2.40. The Morgan fingerprint density at radius 2 is 1.93 bits per heavy atom. The fourth-order valence-corrected chi connectivity index (χ4v) is 1.11. The molecule has 0 saturated heterocycles. The first-order valence-corrected chi connectivity index (χ1v) is 4.33. The second kappa shape index (κ2) is 3.72. The van der Waals surface area contributed by atoms with Crippen LogP contribution in [0.15, 0.2) is 18.5 Å². The lowest BCUT2D eigenvalue weighted by Gasteiger charge is -2.02. The van der Waals surface area contributed by atoms with E-state index < -0.39 is 11.9 Å². The van der Waals surface area contributed by atoms with Crippen molar-refractivity contribution in [2.75, 3.05) is 0 Å². The van der Waals surface area contributed by atoms with Gasteiger partial charge in [-0.1, -0.05) is 0 Å². The first-order chi connectivity index (χ1) is 7.16. The lowest BCUT2D eigenvalue weighted by molar-refractivity contribution is 0.489. The van der Waals surface area contributed by atoms with E-state index in [-0.39, 0.29) is 17.9 Å².